The van der Waals surface area contributed by atoms with Crippen molar-refractivity contribution in [1.82, 2.24) is 30.0 Å². The number of amides is 1. The zero-order valence-electron chi connectivity index (χ0n) is 19.0. The number of aryl methyl sites for hydroxylation is 1. The zero-order valence-corrected chi connectivity index (χ0v) is 19.0. The first-order valence-electron chi connectivity index (χ1n) is 11.0. The molecule has 0 atom stereocenters. The lowest BCUT2D eigenvalue weighted by Gasteiger charge is -2.06. The van der Waals surface area contributed by atoms with E-state index >= 15 is 0 Å². The zero-order chi connectivity index (χ0) is 23.9. The van der Waals surface area contributed by atoms with Gasteiger partial charge in [-0.1, -0.05) is 0 Å². The van der Waals surface area contributed by atoms with E-state index in [-0.39, 0.29) is 11.9 Å². The maximum absolute atomic E-state index is 11.9. The molecule has 0 radical (unpaired) electrons. The van der Waals surface area contributed by atoms with Gasteiger partial charge in [-0.15, -0.1) is 0 Å². The molecule has 4 rings (SSSR count). The predicted octanol–water partition coefficient (Wildman–Crippen LogP) is 1.75. The molecule has 0 bridgehead atoms. The Morgan fingerprint density at radius 1 is 1.18 bits per heavy atom. The standard InChI is InChI=1S/C22H28N8O4/c1-32-10-11-33-9-6-17(31)25-7-2-3-8-30-21-18(20(23)26-13-27-21)19(29-30)14-4-5-16-15(12-14)28-22(24)34-16/h4-5,12-13H,2-3,6-11H2,1H3,(H2,24,28)(H,25,31)(H2,23,26,27). The fraction of sp³-hybridized carbons (Fsp3) is 0.409. The largest absolute Gasteiger partial charge is 0.424 e. The number of benzene rings is 1. The molecule has 3 aromatic heterocycles. The molecular formula is C22H28N8O4. The highest BCUT2D eigenvalue weighted by Gasteiger charge is 2.18. The van der Waals surface area contributed by atoms with Crippen LogP contribution in [0.4, 0.5) is 11.8 Å². The summed E-state index contributed by atoms with van der Waals surface area (Å²) in [5.74, 6) is 0.319. The third-order valence-corrected chi connectivity index (χ3v) is 5.26. The number of hydrogen-bond acceptors (Lipinski definition) is 10. The molecular weight excluding hydrogens is 440 g/mol. The average molecular weight is 469 g/mol. The number of nitrogen functional groups attached to an aromatic ring is 2. The van der Waals surface area contributed by atoms with E-state index in [2.05, 4.69) is 20.3 Å². The number of oxazole rings is 1. The maximum Gasteiger partial charge on any atom is 0.292 e. The van der Waals surface area contributed by atoms with Gasteiger partial charge in [0.15, 0.2) is 11.2 Å². The molecule has 5 N–H and O–H groups in total. The molecule has 12 nitrogen and oxygen atoms in total. The van der Waals surface area contributed by atoms with E-state index in [4.69, 9.17) is 30.5 Å². The first-order chi connectivity index (χ1) is 16.6. The maximum atomic E-state index is 11.9. The lowest BCUT2D eigenvalue weighted by Crippen LogP contribution is -2.25. The van der Waals surface area contributed by atoms with Gasteiger partial charge in [-0.3, -0.25) is 4.79 Å². The highest BCUT2D eigenvalue weighted by atomic mass is 16.5. The molecule has 1 aromatic carbocycles. The highest BCUT2D eigenvalue weighted by Crippen LogP contribution is 2.32. The van der Waals surface area contributed by atoms with E-state index in [1.165, 1.54) is 6.33 Å². The summed E-state index contributed by atoms with van der Waals surface area (Å²) >= 11 is 0. The number of aromatic nitrogens is 5. The van der Waals surface area contributed by atoms with Crippen molar-refractivity contribution in [2.24, 2.45) is 0 Å². The molecule has 0 spiro atoms. The molecule has 0 fully saturated rings. The Kier molecular flexibility index (Phi) is 7.50. The number of unbranched alkanes of at least 4 members (excludes halogenated alkanes) is 1. The monoisotopic (exact) mass is 468 g/mol. The molecule has 3 heterocycles. The number of carbonyl (C=O) groups is 1. The van der Waals surface area contributed by atoms with Crippen LogP contribution >= 0.6 is 0 Å². The van der Waals surface area contributed by atoms with Crippen LogP contribution < -0.4 is 16.8 Å². The number of fused-ring (bicyclic) bond motifs is 2. The van der Waals surface area contributed by atoms with Crippen molar-refractivity contribution in [1.29, 1.82) is 0 Å². The fourth-order valence-corrected chi connectivity index (χ4v) is 3.59. The highest BCUT2D eigenvalue weighted by molar-refractivity contribution is 5.99. The number of rotatable bonds is 12. The second-order valence-corrected chi connectivity index (χ2v) is 7.68. The number of anilines is 2. The van der Waals surface area contributed by atoms with Crippen molar-refractivity contribution < 1.29 is 18.7 Å². The van der Waals surface area contributed by atoms with Gasteiger partial charge in [-0.25, -0.2) is 14.6 Å². The Morgan fingerprint density at radius 2 is 2.06 bits per heavy atom. The minimum Gasteiger partial charge on any atom is -0.424 e. The molecule has 0 aliphatic rings. The third kappa shape index (κ3) is 5.41. The minimum absolute atomic E-state index is 0.0337. The molecule has 0 saturated carbocycles. The summed E-state index contributed by atoms with van der Waals surface area (Å²) in [5, 5.41) is 8.35. The summed E-state index contributed by atoms with van der Waals surface area (Å²) in [4.78, 5) is 24.6. The Balaban J connectivity index is 1.38. The summed E-state index contributed by atoms with van der Waals surface area (Å²) in [6, 6.07) is 5.63. The molecule has 0 saturated heterocycles. The van der Waals surface area contributed by atoms with Gasteiger partial charge in [0.25, 0.3) is 6.01 Å². The predicted molar refractivity (Wildman–Crippen MR) is 127 cm³/mol. The Bertz CT molecular complexity index is 1270. The molecule has 4 aromatic rings. The number of methoxy groups -OCH3 is 1. The first kappa shape index (κ1) is 23.4. The quantitative estimate of drug-likeness (QED) is 0.260. The topological polar surface area (TPSA) is 169 Å². The molecule has 12 heteroatoms. The van der Waals surface area contributed by atoms with Crippen molar-refractivity contribution in [2.45, 2.75) is 25.8 Å². The lowest BCUT2D eigenvalue weighted by molar-refractivity contribution is -0.122. The van der Waals surface area contributed by atoms with Crippen molar-refractivity contribution >= 4 is 39.9 Å². The molecule has 1 amide bonds. The third-order valence-electron chi connectivity index (χ3n) is 5.26. The molecule has 34 heavy (non-hydrogen) atoms. The van der Waals surface area contributed by atoms with Crippen LogP contribution in [0, 0.1) is 0 Å². The van der Waals surface area contributed by atoms with E-state index < -0.39 is 0 Å². The number of hydrogen-bond donors (Lipinski definition) is 3. The summed E-state index contributed by atoms with van der Waals surface area (Å²) in [6.45, 7) is 2.57. The van der Waals surface area contributed by atoms with Crippen molar-refractivity contribution in [3.63, 3.8) is 0 Å². The van der Waals surface area contributed by atoms with E-state index in [1.54, 1.807) is 13.2 Å². The molecule has 0 aliphatic carbocycles. The van der Waals surface area contributed by atoms with E-state index in [0.29, 0.717) is 73.0 Å². The number of nitrogens with zero attached hydrogens (tertiary/aromatic N) is 5. The van der Waals surface area contributed by atoms with Gasteiger partial charge >= 0.3 is 0 Å². The second kappa shape index (κ2) is 10.9. The van der Waals surface area contributed by atoms with Gasteiger partial charge in [-0.2, -0.15) is 10.1 Å². The smallest absolute Gasteiger partial charge is 0.292 e. The van der Waals surface area contributed by atoms with Crippen LogP contribution in [0.2, 0.25) is 0 Å². The molecule has 180 valence electrons. The van der Waals surface area contributed by atoms with Gasteiger partial charge in [-0.05, 0) is 31.0 Å². The Morgan fingerprint density at radius 3 is 2.91 bits per heavy atom. The first-order valence-corrected chi connectivity index (χ1v) is 11.0. The Labute approximate surface area is 195 Å². The van der Waals surface area contributed by atoms with Crippen molar-refractivity contribution in [3.8, 4) is 11.3 Å². The van der Waals surface area contributed by atoms with E-state index in [9.17, 15) is 4.79 Å². The minimum atomic E-state index is -0.0337. The van der Waals surface area contributed by atoms with E-state index in [1.807, 2.05) is 16.8 Å². The fourth-order valence-electron chi connectivity index (χ4n) is 3.59. The SMILES string of the molecule is COCCOCCC(=O)NCCCCn1nc(-c2ccc3oc(N)nc3c2)c2c(N)ncnc21. The van der Waals surface area contributed by atoms with Crippen LogP contribution in [0.1, 0.15) is 19.3 Å². The van der Waals surface area contributed by atoms with Crippen molar-refractivity contribution in [2.75, 3.05) is 44.9 Å². The van der Waals surface area contributed by atoms with Crippen LogP contribution in [0.3, 0.4) is 0 Å². The number of nitrogens with one attached hydrogen (secondary N) is 1. The summed E-state index contributed by atoms with van der Waals surface area (Å²) in [7, 11) is 1.61. The summed E-state index contributed by atoms with van der Waals surface area (Å²) in [5.41, 5.74) is 15.2. The van der Waals surface area contributed by atoms with Gasteiger partial charge in [0.05, 0.1) is 25.2 Å². The summed E-state index contributed by atoms with van der Waals surface area (Å²) < 4.78 is 17.4. The number of ether oxygens (including phenoxy) is 2. The number of nitrogens with two attached hydrogens (primary N) is 2. The van der Waals surface area contributed by atoms with E-state index in [0.717, 1.165) is 18.4 Å². The van der Waals surface area contributed by atoms with Crippen LogP contribution in [0.25, 0.3) is 33.4 Å². The normalized spacial score (nSPS) is 11.4. The van der Waals surface area contributed by atoms with Gasteiger partial charge in [0.2, 0.25) is 5.91 Å². The molecule has 0 aliphatic heterocycles. The van der Waals surface area contributed by atoms with Crippen LogP contribution in [-0.4, -0.2) is 64.1 Å². The van der Waals surface area contributed by atoms with Gasteiger partial charge in [0, 0.05) is 32.2 Å². The average Bonchev–Trinajstić information content (AvgIpc) is 3.38. The van der Waals surface area contributed by atoms with Crippen LogP contribution in [0.15, 0.2) is 28.9 Å². The van der Waals surface area contributed by atoms with Crippen LogP contribution in [0.5, 0.6) is 0 Å². The summed E-state index contributed by atoms with van der Waals surface area (Å²) in [6.07, 6.45) is 3.34. The van der Waals surface area contributed by atoms with Crippen molar-refractivity contribution in [3.05, 3.63) is 24.5 Å². The molecule has 0 unspecified atom stereocenters. The number of carbonyl (C=O) groups excluding carboxylic acids is 1. The van der Waals surface area contributed by atoms with Gasteiger partial charge in [0.1, 0.15) is 23.4 Å². The lowest BCUT2D eigenvalue weighted by atomic mass is 10.1. The second-order valence-electron chi connectivity index (χ2n) is 7.68. The van der Waals surface area contributed by atoms with Crippen LogP contribution in [-0.2, 0) is 20.8 Å². The van der Waals surface area contributed by atoms with Gasteiger partial charge < -0.3 is 30.7 Å². The Hall–Kier alpha value is -3.77.